The van der Waals surface area contributed by atoms with Crippen molar-refractivity contribution in [1.29, 1.82) is 0 Å². The van der Waals surface area contributed by atoms with Gasteiger partial charge >= 0.3 is 0 Å². The molecule has 0 fully saturated rings. The molecule has 2 N–H and O–H groups in total. The van der Waals surface area contributed by atoms with Crippen LogP contribution in [0.25, 0.3) is 0 Å². The van der Waals surface area contributed by atoms with E-state index in [1.165, 1.54) is 0 Å². The Balaban J connectivity index is 1.75. The third-order valence-electron chi connectivity index (χ3n) is 4.31. The number of hydrogen-bond acceptors (Lipinski definition) is 2. The summed E-state index contributed by atoms with van der Waals surface area (Å²) in [4.78, 5) is 0. The number of benzene rings is 2. The van der Waals surface area contributed by atoms with Gasteiger partial charge in [-0.2, -0.15) is 5.10 Å². The number of halogens is 2. The van der Waals surface area contributed by atoms with E-state index in [-0.39, 0.29) is 0 Å². The van der Waals surface area contributed by atoms with E-state index in [1.807, 2.05) is 67.9 Å². The maximum Gasteiger partial charge on any atom is 0.175 e. The predicted molar refractivity (Wildman–Crippen MR) is 118 cm³/mol. The lowest BCUT2D eigenvalue weighted by Crippen LogP contribution is -2.20. The summed E-state index contributed by atoms with van der Waals surface area (Å²) < 4.78 is 1.95. The van der Waals surface area contributed by atoms with Crippen LogP contribution < -0.4 is 10.6 Å². The van der Waals surface area contributed by atoms with Gasteiger partial charge < -0.3 is 10.6 Å². The van der Waals surface area contributed by atoms with Crippen molar-refractivity contribution < 1.29 is 0 Å². The van der Waals surface area contributed by atoms with Crippen LogP contribution in [0, 0.1) is 20.8 Å². The van der Waals surface area contributed by atoms with Crippen molar-refractivity contribution >= 4 is 51.9 Å². The van der Waals surface area contributed by atoms with E-state index >= 15 is 0 Å². The summed E-state index contributed by atoms with van der Waals surface area (Å²) in [6, 6.07) is 13.4. The summed E-state index contributed by atoms with van der Waals surface area (Å²) in [5, 5.41) is 13.0. The molecule has 0 bridgehead atoms. The fourth-order valence-corrected chi connectivity index (χ4v) is 3.30. The lowest BCUT2D eigenvalue weighted by Gasteiger charge is -2.13. The summed E-state index contributed by atoms with van der Waals surface area (Å²) in [6.07, 6.45) is 0. The molecule has 1 aromatic heterocycles. The van der Waals surface area contributed by atoms with Crippen LogP contribution in [0.15, 0.2) is 42.5 Å². The van der Waals surface area contributed by atoms with Crippen LogP contribution in [0.4, 0.5) is 11.4 Å². The van der Waals surface area contributed by atoms with Crippen molar-refractivity contribution in [3.63, 3.8) is 0 Å². The Morgan fingerprint density at radius 2 is 1.67 bits per heavy atom. The van der Waals surface area contributed by atoms with E-state index in [0.717, 1.165) is 38.9 Å². The van der Waals surface area contributed by atoms with E-state index in [9.17, 15) is 0 Å². The molecule has 3 rings (SSSR count). The smallest absolute Gasteiger partial charge is 0.175 e. The van der Waals surface area contributed by atoms with Crippen molar-refractivity contribution in [1.82, 2.24) is 9.78 Å². The Labute approximate surface area is 174 Å². The van der Waals surface area contributed by atoms with Gasteiger partial charge in [-0.05, 0) is 68.4 Å². The SMILES string of the molecule is Cc1ccc(Cl)cc1NC(=S)Nc1c(C)nn(Cc2ccc(Cl)cc2)c1C. The number of aromatic nitrogens is 2. The Morgan fingerprint density at radius 3 is 2.37 bits per heavy atom. The number of anilines is 2. The highest BCUT2D eigenvalue weighted by Crippen LogP contribution is 2.23. The summed E-state index contributed by atoms with van der Waals surface area (Å²) >= 11 is 17.5. The Bertz CT molecular complexity index is 980. The van der Waals surface area contributed by atoms with Crippen molar-refractivity contribution in [3.8, 4) is 0 Å². The third-order valence-corrected chi connectivity index (χ3v) is 5.00. The zero-order valence-electron chi connectivity index (χ0n) is 15.3. The topological polar surface area (TPSA) is 41.9 Å². The number of nitrogens with one attached hydrogen (secondary N) is 2. The van der Waals surface area contributed by atoms with Crippen LogP contribution in [0.1, 0.15) is 22.5 Å². The molecule has 7 heteroatoms. The van der Waals surface area contributed by atoms with Crippen molar-refractivity contribution in [2.75, 3.05) is 10.6 Å². The second-order valence-corrected chi connectivity index (χ2v) is 7.65. The van der Waals surface area contributed by atoms with E-state index in [4.69, 9.17) is 35.4 Å². The molecule has 140 valence electrons. The zero-order valence-corrected chi connectivity index (χ0v) is 17.6. The van der Waals surface area contributed by atoms with Crippen LogP contribution in [0.5, 0.6) is 0 Å². The van der Waals surface area contributed by atoms with Gasteiger partial charge in [0.15, 0.2) is 5.11 Å². The number of nitrogens with zero attached hydrogens (tertiary/aromatic N) is 2. The van der Waals surface area contributed by atoms with Gasteiger partial charge in [0, 0.05) is 15.7 Å². The van der Waals surface area contributed by atoms with Crippen LogP contribution in [0.2, 0.25) is 10.0 Å². The first kappa shape index (κ1) is 19.7. The molecule has 0 radical (unpaired) electrons. The second kappa shape index (κ2) is 8.30. The predicted octanol–water partition coefficient (Wildman–Crippen LogP) is 5.97. The van der Waals surface area contributed by atoms with Gasteiger partial charge in [-0.1, -0.05) is 41.4 Å². The maximum atomic E-state index is 6.08. The Hall–Kier alpha value is -2.08. The minimum atomic E-state index is 0.498. The van der Waals surface area contributed by atoms with Crippen LogP contribution in [0.3, 0.4) is 0 Å². The Kier molecular flexibility index (Phi) is 6.05. The van der Waals surface area contributed by atoms with Crippen LogP contribution in [-0.2, 0) is 6.54 Å². The van der Waals surface area contributed by atoms with Gasteiger partial charge in [-0.15, -0.1) is 0 Å². The quantitative estimate of drug-likeness (QED) is 0.511. The van der Waals surface area contributed by atoms with Gasteiger partial charge in [0.25, 0.3) is 0 Å². The van der Waals surface area contributed by atoms with E-state index in [2.05, 4.69) is 15.7 Å². The highest BCUT2D eigenvalue weighted by atomic mass is 35.5. The first-order valence-electron chi connectivity index (χ1n) is 8.46. The second-order valence-electron chi connectivity index (χ2n) is 6.37. The van der Waals surface area contributed by atoms with Gasteiger partial charge in [0.2, 0.25) is 0 Å². The Morgan fingerprint density at radius 1 is 1.00 bits per heavy atom. The minimum absolute atomic E-state index is 0.498. The third kappa shape index (κ3) is 4.80. The molecule has 0 aliphatic rings. The molecule has 1 heterocycles. The molecular formula is C20H20Cl2N4S. The highest BCUT2D eigenvalue weighted by Gasteiger charge is 2.13. The standard InChI is InChI=1S/C20H20Cl2N4S/c1-12-4-7-17(22)10-18(12)23-20(27)24-19-13(2)25-26(14(19)3)11-15-5-8-16(21)9-6-15/h4-10H,11H2,1-3H3,(H2,23,24,27). The van der Waals surface area contributed by atoms with Crippen molar-refractivity contribution in [3.05, 3.63) is 75.0 Å². The largest absolute Gasteiger partial charge is 0.332 e. The fourth-order valence-electron chi connectivity index (χ4n) is 2.79. The van der Waals surface area contributed by atoms with Gasteiger partial charge in [0.05, 0.1) is 23.6 Å². The van der Waals surface area contributed by atoms with Crippen molar-refractivity contribution in [2.24, 2.45) is 0 Å². The van der Waals surface area contributed by atoms with Crippen molar-refractivity contribution in [2.45, 2.75) is 27.3 Å². The number of aryl methyl sites for hydroxylation is 2. The van der Waals surface area contributed by atoms with Crippen LogP contribution in [-0.4, -0.2) is 14.9 Å². The van der Waals surface area contributed by atoms with Crippen LogP contribution >= 0.6 is 35.4 Å². The molecule has 0 saturated heterocycles. The summed E-state index contributed by atoms with van der Waals surface area (Å²) in [7, 11) is 0. The van der Waals surface area contributed by atoms with Gasteiger partial charge in [0.1, 0.15) is 0 Å². The minimum Gasteiger partial charge on any atom is -0.332 e. The molecule has 0 unspecified atom stereocenters. The average Bonchev–Trinajstić information content (AvgIpc) is 2.87. The molecule has 0 saturated carbocycles. The molecule has 3 aromatic rings. The van der Waals surface area contributed by atoms with E-state index < -0.39 is 0 Å². The van der Waals surface area contributed by atoms with Gasteiger partial charge in [-0.25, -0.2) is 0 Å². The number of thiocarbonyl (C=S) groups is 1. The molecular weight excluding hydrogens is 399 g/mol. The highest BCUT2D eigenvalue weighted by molar-refractivity contribution is 7.80. The first-order valence-corrected chi connectivity index (χ1v) is 9.62. The molecule has 27 heavy (non-hydrogen) atoms. The normalized spacial score (nSPS) is 10.7. The molecule has 4 nitrogen and oxygen atoms in total. The molecule has 0 aliphatic heterocycles. The fraction of sp³-hybridized carbons (Fsp3) is 0.200. The molecule has 2 aromatic carbocycles. The molecule has 0 amide bonds. The zero-order chi connectivity index (χ0) is 19.6. The molecule has 0 spiro atoms. The number of rotatable bonds is 4. The van der Waals surface area contributed by atoms with Gasteiger partial charge in [-0.3, -0.25) is 4.68 Å². The monoisotopic (exact) mass is 418 g/mol. The molecule has 0 aliphatic carbocycles. The summed E-state index contributed by atoms with van der Waals surface area (Å²) in [6.45, 7) is 6.65. The summed E-state index contributed by atoms with van der Waals surface area (Å²) in [5.41, 5.74) is 5.87. The lowest BCUT2D eigenvalue weighted by molar-refractivity contribution is 0.659. The number of hydrogen-bond donors (Lipinski definition) is 2. The molecule has 0 atom stereocenters. The first-order chi connectivity index (χ1) is 12.8. The maximum absolute atomic E-state index is 6.08. The average molecular weight is 419 g/mol. The van der Waals surface area contributed by atoms with E-state index in [0.29, 0.717) is 16.7 Å². The summed E-state index contributed by atoms with van der Waals surface area (Å²) in [5.74, 6) is 0. The van der Waals surface area contributed by atoms with E-state index in [1.54, 1.807) is 0 Å². The lowest BCUT2D eigenvalue weighted by atomic mass is 10.2.